The maximum Gasteiger partial charge on any atom is 0.264 e. The zero-order chi connectivity index (χ0) is 20.1. The lowest BCUT2D eigenvalue weighted by Gasteiger charge is -2.05. The van der Waals surface area contributed by atoms with Gasteiger partial charge in [0.15, 0.2) is 5.17 Å². The summed E-state index contributed by atoms with van der Waals surface area (Å²) in [5.74, 6) is 1.42. The SMILES string of the molecule is Cc1ccc(CN=C2NC(=O)/C(=C\c3ccc(Oc4ccccc4)cc3)S2)cc1. The highest BCUT2D eigenvalue weighted by Crippen LogP contribution is 2.27. The molecule has 0 saturated carbocycles. The summed E-state index contributed by atoms with van der Waals surface area (Å²) in [4.78, 5) is 17.4. The first kappa shape index (κ1) is 19.0. The Balaban J connectivity index is 1.40. The number of hydrogen-bond acceptors (Lipinski definition) is 4. The van der Waals surface area contributed by atoms with E-state index in [4.69, 9.17) is 4.74 Å². The van der Waals surface area contributed by atoms with Gasteiger partial charge in [-0.15, -0.1) is 0 Å². The van der Waals surface area contributed by atoms with Crippen LogP contribution in [-0.4, -0.2) is 11.1 Å². The van der Waals surface area contributed by atoms with Gasteiger partial charge in [-0.1, -0.05) is 60.2 Å². The molecule has 0 aliphatic carbocycles. The molecule has 1 saturated heterocycles. The van der Waals surface area contributed by atoms with E-state index in [-0.39, 0.29) is 5.91 Å². The van der Waals surface area contributed by atoms with Crippen molar-refractivity contribution >= 4 is 28.9 Å². The number of nitrogens with zero attached hydrogens (tertiary/aromatic N) is 1. The second-order valence-electron chi connectivity index (χ2n) is 6.66. The highest BCUT2D eigenvalue weighted by molar-refractivity contribution is 8.18. The van der Waals surface area contributed by atoms with E-state index in [2.05, 4.69) is 41.5 Å². The van der Waals surface area contributed by atoms with Gasteiger partial charge in [0.1, 0.15) is 11.5 Å². The quantitative estimate of drug-likeness (QED) is 0.572. The number of amidine groups is 1. The smallest absolute Gasteiger partial charge is 0.264 e. The first-order valence-corrected chi connectivity index (χ1v) is 10.1. The van der Waals surface area contributed by atoms with Gasteiger partial charge in [-0.3, -0.25) is 9.79 Å². The van der Waals surface area contributed by atoms with Crippen LogP contribution < -0.4 is 10.1 Å². The fourth-order valence-corrected chi connectivity index (χ4v) is 3.59. The van der Waals surface area contributed by atoms with Gasteiger partial charge in [0.05, 0.1) is 11.4 Å². The number of rotatable bonds is 5. The van der Waals surface area contributed by atoms with Gasteiger partial charge in [-0.2, -0.15) is 0 Å². The lowest BCUT2D eigenvalue weighted by atomic mass is 10.1. The molecule has 0 unspecified atom stereocenters. The summed E-state index contributed by atoms with van der Waals surface area (Å²) in [7, 11) is 0. The zero-order valence-electron chi connectivity index (χ0n) is 16.0. The predicted octanol–water partition coefficient (Wildman–Crippen LogP) is 5.55. The van der Waals surface area contributed by atoms with E-state index in [0.29, 0.717) is 16.6 Å². The van der Waals surface area contributed by atoms with E-state index in [9.17, 15) is 4.79 Å². The van der Waals surface area contributed by atoms with Crippen LogP contribution in [0.1, 0.15) is 16.7 Å². The summed E-state index contributed by atoms with van der Waals surface area (Å²) in [6.07, 6.45) is 1.86. The second kappa shape index (κ2) is 8.80. The third-order valence-electron chi connectivity index (χ3n) is 4.33. The Morgan fingerprint density at radius 3 is 2.34 bits per heavy atom. The first-order valence-electron chi connectivity index (χ1n) is 9.29. The number of carbonyl (C=O) groups is 1. The average Bonchev–Trinajstić information content (AvgIpc) is 3.09. The molecule has 1 amide bonds. The summed E-state index contributed by atoms with van der Waals surface area (Å²) in [6, 6.07) is 25.5. The van der Waals surface area contributed by atoms with E-state index in [1.165, 1.54) is 17.3 Å². The minimum absolute atomic E-state index is 0.123. The first-order chi connectivity index (χ1) is 14.2. The van der Waals surface area contributed by atoms with Gasteiger partial charge in [0.25, 0.3) is 5.91 Å². The molecule has 3 aromatic carbocycles. The maximum atomic E-state index is 12.2. The molecule has 4 nitrogen and oxygen atoms in total. The number of hydrogen-bond donors (Lipinski definition) is 1. The summed E-state index contributed by atoms with van der Waals surface area (Å²) in [5.41, 5.74) is 3.27. The molecule has 4 rings (SSSR count). The minimum Gasteiger partial charge on any atom is -0.457 e. The molecular formula is C24H20N2O2S. The summed E-state index contributed by atoms with van der Waals surface area (Å²) >= 11 is 1.36. The number of carbonyl (C=O) groups excluding carboxylic acids is 1. The number of aliphatic imine (C=N–C) groups is 1. The monoisotopic (exact) mass is 400 g/mol. The van der Waals surface area contributed by atoms with E-state index >= 15 is 0 Å². The standard InChI is InChI=1S/C24H20N2O2S/c1-17-7-9-19(10-8-17)16-25-24-26-23(27)22(29-24)15-18-11-13-21(14-12-18)28-20-5-3-2-4-6-20/h2-15H,16H2,1H3,(H,25,26,27)/b22-15+. The molecule has 1 heterocycles. The zero-order valence-corrected chi connectivity index (χ0v) is 16.8. The Morgan fingerprint density at radius 1 is 0.931 bits per heavy atom. The van der Waals surface area contributed by atoms with Crippen molar-refractivity contribution in [3.8, 4) is 11.5 Å². The molecule has 0 radical (unpaired) electrons. The van der Waals surface area contributed by atoms with Crippen LogP contribution in [0.5, 0.6) is 11.5 Å². The fraction of sp³-hybridized carbons (Fsp3) is 0.0833. The Labute approximate surface area is 174 Å². The molecule has 29 heavy (non-hydrogen) atoms. The van der Waals surface area contributed by atoms with Gasteiger partial charge < -0.3 is 10.1 Å². The summed E-state index contributed by atoms with van der Waals surface area (Å²) in [5, 5.41) is 3.46. The van der Waals surface area contributed by atoms with Crippen molar-refractivity contribution < 1.29 is 9.53 Å². The third-order valence-corrected chi connectivity index (χ3v) is 5.28. The van der Waals surface area contributed by atoms with E-state index < -0.39 is 0 Å². The van der Waals surface area contributed by atoms with E-state index in [1.807, 2.05) is 60.7 Å². The maximum absolute atomic E-state index is 12.2. The largest absolute Gasteiger partial charge is 0.457 e. The van der Waals surface area contributed by atoms with Crippen molar-refractivity contribution in [2.75, 3.05) is 0 Å². The fourth-order valence-electron chi connectivity index (χ4n) is 2.77. The third kappa shape index (κ3) is 5.15. The molecule has 144 valence electrons. The van der Waals surface area contributed by atoms with E-state index in [0.717, 1.165) is 22.6 Å². The van der Waals surface area contributed by atoms with Crippen molar-refractivity contribution in [2.45, 2.75) is 13.5 Å². The van der Waals surface area contributed by atoms with Gasteiger partial charge in [0.2, 0.25) is 0 Å². The molecule has 0 spiro atoms. The Hall–Kier alpha value is -3.31. The minimum atomic E-state index is -0.123. The molecule has 0 atom stereocenters. The van der Waals surface area contributed by atoms with Crippen LogP contribution in [0.4, 0.5) is 0 Å². The topological polar surface area (TPSA) is 50.7 Å². The number of nitrogens with one attached hydrogen (secondary N) is 1. The van der Waals surface area contributed by atoms with Crippen molar-refractivity contribution in [1.82, 2.24) is 5.32 Å². The van der Waals surface area contributed by atoms with E-state index in [1.54, 1.807) is 0 Å². The Morgan fingerprint density at radius 2 is 1.62 bits per heavy atom. The molecule has 5 heteroatoms. The molecule has 1 fully saturated rings. The van der Waals surface area contributed by atoms with Crippen LogP contribution in [0.25, 0.3) is 6.08 Å². The average molecular weight is 401 g/mol. The van der Waals surface area contributed by atoms with Gasteiger partial charge >= 0.3 is 0 Å². The lowest BCUT2D eigenvalue weighted by molar-refractivity contribution is -0.115. The van der Waals surface area contributed by atoms with Gasteiger partial charge in [0, 0.05) is 0 Å². The van der Waals surface area contributed by atoms with Crippen LogP contribution in [0.2, 0.25) is 0 Å². The number of amides is 1. The van der Waals surface area contributed by atoms with Crippen molar-refractivity contribution in [1.29, 1.82) is 0 Å². The second-order valence-corrected chi connectivity index (χ2v) is 7.69. The molecular weight excluding hydrogens is 380 g/mol. The lowest BCUT2D eigenvalue weighted by Crippen LogP contribution is -2.19. The predicted molar refractivity (Wildman–Crippen MR) is 119 cm³/mol. The van der Waals surface area contributed by atoms with Crippen LogP contribution in [0.3, 0.4) is 0 Å². The highest BCUT2D eigenvalue weighted by atomic mass is 32.2. The molecule has 0 bridgehead atoms. The Kier molecular flexibility index (Phi) is 5.77. The summed E-state index contributed by atoms with van der Waals surface area (Å²) in [6.45, 7) is 2.60. The molecule has 1 N–H and O–H groups in total. The van der Waals surface area contributed by atoms with Crippen LogP contribution in [0, 0.1) is 6.92 Å². The number of aryl methyl sites for hydroxylation is 1. The number of thioether (sulfide) groups is 1. The van der Waals surface area contributed by atoms with Crippen molar-refractivity contribution in [3.63, 3.8) is 0 Å². The van der Waals surface area contributed by atoms with Crippen molar-refractivity contribution in [2.24, 2.45) is 4.99 Å². The number of ether oxygens (including phenoxy) is 1. The van der Waals surface area contributed by atoms with Crippen LogP contribution >= 0.6 is 11.8 Å². The summed E-state index contributed by atoms with van der Waals surface area (Å²) < 4.78 is 5.80. The molecule has 3 aromatic rings. The van der Waals surface area contributed by atoms with Crippen LogP contribution in [-0.2, 0) is 11.3 Å². The van der Waals surface area contributed by atoms with Gasteiger partial charge in [-0.25, -0.2) is 0 Å². The Bertz CT molecular complexity index is 1060. The van der Waals surface area contributed by atoms with Gasteiger partial charge in [-0.05, 0) is 60.2 Å². The molecule has 1 aliphatic heterocycles. The molecule has 1 aliphatic rings. The highest BCUT2D eigenvalue weighted by Gasteiger charge is 2.23. The number of benzene rings is 3. The van der Waals surface area contributed by atoms with Crippen molar-refractivity contribution in [3.05, 3.63) is 100 Å². The molecule has 0 aromatic heterocycles. The normalized spacial score (nSPS) is 16.2. The number of para-hydroxylation sites is 1. The van der Waals surface area contributed by atoms with Crippen LogP contribution in [0.15, 0.2) is 88.8 Å².